The van der Waals surface area contributed by atoms with E-state index in [1.807, 2.05) is 11.0 Å². The van der Waals surface area contributed by atoms with E-state index in [0.717, 1.165) is 53.2 Å². The summed E-state index contributed by atoms with van der Waals surface area (Å²) in [6.07, 6.45) is 2.43. The molecule has 0 N–H and O–H groups in total. The van der Waals surface area contributed by atoms with Crippen LogP contribution in [0, 0.1) is 13.8 Å². The fourth-order valence-electron chi connectivity index (χ4n) is 5.28. The Hall–Kier alpha value is -3.60. The smallest absolute Gasteiger partial charge is 0.227 e. The van der Waals surface area contributed by atoms with Crippen LogP contribution in [0.2, 0.25) is 0 Å². The number of para-hydroxylation sites is 2. The molecule has 5 heteroatoms. The van der Waals surface area contributed by atoms with Gasteiger partial charge in [0.2, 0.25) is 5.91 Å². The van der Waals surface area contributed by atoms with E-state index in [2.05, 4.69) is 92.9 Å². The van der Waals surface area contributed by atoms with E-state index in [1.165, 1.54) is 11.1 Å². The maximum atomic E-state index is 13.1. The molecule has 1 amide bonds. The Morgan fingerprint density at radius 3 is 2.57 bits per heavy atom. The zero-order chi connectivity index (χ0) is 25.9. The van der Waals surface area contributed by atoms with Gasteiger partial charge in [-0.05, 0) is 79.6 Å². The highest BCUT2D eigenvalue weighted by Gasteiger charge is 2.35. The van der Waals surface area contributed by atoms with Crippen molar-refractivity contribution in [2.75, 3.05) is 18.1 Å². The molecule has 0 aliphatic carbocycles. The molecule has 5 rings (SSSR count). The molecular formula is C32H37N3O2. The number of imidazole rings is 1. The summed E-state index contributed by atoms with van der Waals surface area (Å²) in [5.41, 5.74) is 6.79. The molecule has 2 heterocycles. The normalized spacial score (nSPS) is 15.8. The molecule has 0 bridgehead atoms. The zero-order valence-corrected chi connectivity index (χ0v) is 22.4. The van der Waals surface area contributed by atoms with Gasteiger partial charge in [0.15, 0.2) is 0 Å². The molecule has 1 aromatic heterocycles. The Morgan fingerprint density at radius 1 is 1.00 bits per heavy atom. The van der Waals surface area contributed by atoms with Crippen molar-refractivity contribution in [2.45, 2.75) is 65.3 Å². The largest absolute Gasteiger partial charge is 0.494 e. The van der Waals surface area contributed by atoms with Gasteiger partial charge in [0, 0.05) is 31.1 Å². The van der Waals surface area contributed by atoms with Gasteiger partial charge in [-0.2, -0.15) is 0 Å². The van der Waals surface area contributed by atoms with Crippen LogP contribution in [0.15, 0.2) is 66.7 Å². The molecule has 37 heavy (non-hydrogen) atoms. The second kappa shape index (κ2) is 10.8. The third-order valence-corrected chi connectivity index (χ3v) is 7.42. The van der Waals surface area contributed by atoms with Gasteiger partial charge >= 0.3 is 0 Å². The summed E-state index contributed by atoms with van der Waals surface area (Å²) in [5, 5.41) is 0. The molecule has 192 valence electrons. The first-order chi connectivity index (χ1) is 17.9. The van der Waals surface area contributed by atoms with E-state index in [4.69, 9.17) is 9.72 Å². The van der Waals surface area contributed by atoms with Gasteiger partial charge in [-0.15, -0.1) is 0 Å². The lowest BCUT2D eigenvalue weighted by Gasteiger charge is -2.20. The van der Waals surface area contributed by atoms with Crippen LogP contribution in [0.25, 0.3) is 11.0 Å². The fourth-order valence-corrected chi connectivity index (χ4v) is 5.28. The van der Waals surface area contributed by atoms with Gasteiger partial charge < -0.3 is 14.2 Å². The van der Waals surface area contributed by atoms with Crippen molar-refractivity contribution in [3.8, 4) is 5.75 Å². The highest BCUT2D eigenvalue weighted by Crippen LogP contribution is 2.35. The average molecular weight is 496 g/mol. The second-order valence-corrected chi connectivity index (χ2v) is 10.6. The van der Waals surface area contributed by atoms with Crippen molar-refractivity contribution in [3.63, 3.8) is 0 Å². The second-order valence-electron chi connectivity index (χ2n) is 10.6. The Bertz CT molecular complexity index is 1390. The Balaban J connectivity index is 1.27. The average Bonchev–Trinajstić information content (AvgIpc) is 3.46. The minimum Gasteiger partial charge on any atom is -0.494 e. The Kier molecular flexibility index (Phi) is 7.31. The van der Waals surface area contributed by atoms with Crippen LogP contribution in [0.1, 0.15) is 67.5 Å². The highest BCUT2D eigenvalue weighted by molar-refractivity contribution is 5.97. The number of unbranched alkanes of at least 4 members (excludes halogenated alkanes) is 1. The summed E-state index contributed by atoms with van der Waals surface area (Å²) in [6, 6.07) is 23.0. The first-order valence-electron chi connectivity index (χ1n) is 13.5. The van der Waals surface area contributed by atoms with E-state index >= 15 is 0 Å². The number of amides is 1. The fraction of sp³-hybridized carbons (Fsp3) is 0.375. The summed E-state index contributed by atoms with van der Waals surface area (Å²) in [4.78, 5) is 20.1. The van der Waals surface area contributed by atoms with Crippen molar-refractivity contribution in [2.24, 2.45) is 0 Å². The molecule has 1 atom stereocenters. The summed E-state index contributed by atoms with van der Waals surface area (Å²) in [5.74, 6) is 2.72. The Labute approximate surface area is 220 Å². The predicted octanol–water partition coefficient (Wildman–Crippen LogP) is 7.16. The minimum absolute atomic E-state index is 0.0792. The van der Waals surface area contributed by atoms with Crippen LogP contribution >= 0.6 is 0 Å². The lowest BCUT2D eigenvalue weighted by Crippen LogP contribution is -2.25. The van der Waals surface area contributed by atoms with Gasteiger partial charge in [0.25, 0.3) is 0 Å². The summed E-state index contributed by atoms with van der Waals surface area (Å²) in [6.45, 7) is 10.8. The van der Waals surface area contributed by atoms with Crippen molar-refractivity contribution < 1.29 is 9.53 Å². The standard InChI is InChI=1S/C32H37N3O2/c1-22(2)25-13-15-27(16-14-25)37-18-8-7-17-34-29-10-6-5-9-28(29)33-32(34)26-20-31(36)35(21-26)30-19-23(3)11-12-24(30)4/h5-6,9-16,19,22,26H,7-8,17-18,20-21H2,1-4H3. The van der Waals surface area contributed by atoms with Crippen molar-refractivity contribution in [3.05, 3.63) is 89.2 Å². The van der Waals surface area contributed by atoms with Crippen LogP contribution < -0.4 is 9.64 Å². The van der Waals surface area contributed by atoms with Gasteiger partial charge in [0.05, 0.1) is 17.6 Å². The number of carbonyl (C=O) groups is 1. The number of carbonyl (C=O) groups excluding carboxylic acids is 1. The molecule has 5 nitrogen and oxygen atoms in total. The molecule has 0 spiro atoms. The molecule has 1 fully saturated rings. The summed E-state index contributed by atoms with van der Waals surface area (Å²) < 4.78 is 8.33. The molecule has 0 saturated carbocycles. The Morgan fingerprint density at radius 2 is 1.78 bits per heavy atom. The van der Waals surface area contributed by atoms with Crippen LogP contribution in [0.5, 0.6) is 5.75 Å². The molecule has 3 aromatic carbocycles. The minimum atomic E-state index is 0.0792. The van der Waals surface area contributed by atoms with Gasteiger partial charge in [0.1, 0.15) is 11.6 Å². The van der Waals surface area contributed by atoms with E-state index in [-0.39, 0.29) is 11.8 Å². The van der Waals surface area contributed by atoms with Crippen LogP contribution in [0.4, 0.5) is 5.69 Å². The summed E-state index contributed by atoms with van der Waals surface area (Å²) >= 11 is 0. The number of fused-ring (bicyclic) bond motifs is 1. The molecule has 4 aromatic rings. The molecular weight excluding hydrogens is 458 g/mol. The van der Waals surface area contributed by atoms with Crippen molar-refractivity contribution in [1.82, 2.24) is 9.55 Å². The molecule has 1 saturated heterocycles. The third kappa shape index (κ3) is 5.41. The number of ether oxygens (including phenoxy) is 1. The number of anilines is 1. The highest BCUT2D eigenvalue weighted by atomic mass is 16.5. The third-order valence-electron chi connectivity index (χ3n) is 7.42. The van der Waals surface area contributed by atoms with Crippen LogP contribution in [-0.4, -0.2) is 28.6 Å². The first-order valence-corrected chi connectivity index (χ1v) is 13.5. The lowest BCUT2D eigenvalue weighted by atomic mass is 10.0. The first kappa shape index (κ1) is 25.1. The quantitative estimate of drug-likeness (QED) is 0.232. The monoisotopic (exact) mass is 495 g/mol. The molecule has 1 unspecified atom stereocenters. The van der Waals surface area contributed by atoms with Crippen molar-refractivity contribution >= 4 is 22.6 Å². The number of hydrogen-bond acceptors (Lipinski definition) is 3. The zero-order valence-electron chi connectivity index (χ0n) is 22.4. The summed E-state index contributed by atoms with van der Waals surface area (Å²) in [7, 11) is 0. The topological polar surface area (TPSA) is 47.4 Å². The maximum Gasteiger partial charge on any atom is 0.227 e. The molecule has 1 aliphatic heterocycles. The molecule has 0 radical (unpaired) electrons. The van der Waals surface area contributed by atoms with Gasteiger partial charge in [-0.25, -0.2) is 4.98 Å². The number of aryl methyl sites for hydroxylation is 3. The van der Waals surface area contributed by atoms with Gasteiger partial charge in [-0.1, -0.05) is 50.2 Å². The molecule has 1 aliphatic rings. The maximum absolute atomic E-state index is 13.1. The number of benzene rings is 3. The number of hydrogen-bond donors (Lipinski definition) is 0. The van der Waals surface area contributed by atoms with E-state index < -0.39 is 0 Å². The SMILES string of the molecule is Cc1ccc(C)c(N2CC(c3nc4ccccc4n3CCCCOc3ccc(C(C)C)cc3)CC2=O)c1. The van der Waals surface area contributed by atoms with E-state index in [9.17, 15) is 4.79 Å². The number of aromatic nitrogens is 2. The number of rotatable bonds is 9. The van der Waals surface area contributed by atoms with Crippen LogP contribution in [-0.2, 0) is 11.3 Å². The van der Waals surface area contributed by atoms with Gasteiger partial charge in [-0.3, -0.25) is 4.79 Å². The van der Waals surface area contributed by atoms with E-state index in [1.54, 1.807) is 0 Å². The number of nitrogens with zero attached hydrogens (tertiary/aromatic N) is 3. The predicted molar refractivity (Wildman–Crippen MR) is 151 cm³/mol. The lowest BCUT2D eigenvalue weighted by molar-refractivity contribution is -0.117. The van der Waals surface area contributed by atoms with E-state index in [0.29, 0.717) is 25.5 Å². The van der Waals surface area contributed by atoms with Crippen molar-refractivity contribution in [1.29, 1.82) is 0 Å². The van der Waals surface area contributed by atoms with Crippen LogP contribution in [0.3, 0.4) is 0 Å².